The number of amides is 2. The molecule has 2 N–H and O–H groups in total. The molecule has 0 radical (unpaired) electrons. The van der Waals surface area contributed by atoms with Gasteiger partial charge in [0.15, 0.2) is 0 Å². The van der Waals surface area contributed by atoms with Crippen LogP contribution in [-0.2, 0) is 0 Å². The van der Waals surface area contributed by atoms with Crippen LogP contribution < -0.4 is 15.8 Å². The van der Waals surface area contributed by atoms with Gasteiger partial charge in [-0.1, -0.05) is 30.3 Å². The lowest BCUT2D eigenvalue weighted by Crippen LogP contribution is -2.42. The fourth-order valence-corrected chi connectivity index (χ4v) is 4.75. The minimum absolute atomic E-state index is 0.150. The van der Waals surface area contributed by atoms with Gasteiger partial charge in [-0.25, -0.2) is 4.98 Å². The monoisotopic (exact) mass is 465 g/mol. The van der Waals surface area contributed by atoms with Crippen LogP contribution >= 0.6 is 11.3 Å². The highest BCUT2D eigenvalue weighted by atomic mass is 32.1. The van der Waals surface area contributed by atoms with Gasteiger partial charge in [0.25, 0.3) is 17.5 Å². The third kappa shape index (κ3) is 5.01. The minimum atomic E-state index is -0.613. The van der Waals surface area contributed by atoms with E-state index in [1.165, 1.54) is 23.5 Å². The van der Waals surface area contributed by atoms with Crippen molar-refractivity contribution in [1.82, 2.24) is 15.8 Å². The second kappa shape index (κ2) is 9.78. The van der Waals surface area contributed by atoms with Crippen molar-refractivity contribution in [3.05, 3.63) is 74.8 Å². The minimum Gasteiger partial charge on any atom is -0.371 e. The molecular weight excluding hydrogens is 442 g/mol. The van der Waals surface area contributed by atoms with E-state index in [1.807, 2.05) is 35.2 Å². The number of aryl methyl sites for hydroxylation is 1. The summed E-state index contributed by atoms with van der Waals surface area (Å²) in [4.78, 5) is 43.3. The number of benzene rings is 2. The van der Waals surface area contributed by atoms with Gasteiger partial charge in [-0.3, -0.25) is 30.6 Å². The van der Waals surface area contributed by atoms with E-state index in [9.17, 15) is 19.7 Å². The molecular formula is C23H23N5O4S. The lowest BCUT2D eigenvalue weighted by molar-refractivity contribution is -0.384. The number of carbonyl (C=O) groups excluding carboxylic acids is 2. The molecule has 170 valence electrons. The van der Waals surface area contributed by atoms with E-state index in [0.29, 0.717) is 21.3 Å². The molecule has 9 nitrogen and oxygen atoms in total. The van der Waals surface area contributed by atoms with Crippen molar-refractivity contribution in [2.75, 3.05) is 18.0 Å². The summed E-state index contributed by atoms with van der Waals surface area (Å²) in [5, 5.41) is 12.0. The topological polar surface area (TPSA) is 117 Å². The quantitative estimate of drug-likeness (QED) is 0.433. The summed E-state index contributed by atoms with van der Waals surface area (Å²) in [6, 6.07) is 13.7. The zero-order chi connectivity index (χ0) is 23.4. The standard InChI is InChI=1S/C23H23N5O4S/c1-15-20(33-23(24-15)16-8-4-2-5-9-16)22(30)26-25-21(29)18-14-17(28(31)32)10-11-19(18)27-12-6-3-7-13-27/h2,4-5,8-11,14H,3,6-7,12-13H2,1H3,(H,25,29)(H,26,30). The van der Waals surface area contributed by atoms with E-state index in [0.717, 1.165) is 37.9 Å². The van der Waals surface area contributed by atoms with Crippen LogP contribution in [0.5, 0.6) is 0 Å². The molecule has 1 saturated heterocycles. The first-order valence-electron chi connectivity index (χ1n) is 10.6. The number of nitrogens with one attached hydrogen (secondary N) is 2. The molecule has 1 aliphatic heterocycles. The van der Waals surface area contributed by atoms with E-state index < -0.39 is 16.7 Å². The molecule has 0 saturated carbocycles. The molecule has 0 bridgehead atoms. The normalized spacial score (nSPS) is 13.4. The molecule has 0 spiro atoms. The van der Waals surface area contributed by atoms with Gasteiger partial charge in [-0.2, -0.15) is 0 Å². The van der Waals surface area contributed by atoms with Gasteiger partial charge < -0.3 is 4.90 Å². The van der Waals surface area contributed by atoms with Crippen molar-refractivity contribution in [3.63, 3.8) is 0 Å². The van der Waals surface area contributed by atoms with Crippen LogP contribution in [-0.4, -0.2) is 34.8 Å². The van der Waals surface area contributed by atoms with Gasteiger partial charge >= 0.3 is 0 Å². The first-order chi connectivity index (χ1) is 15.9. The zero-order valence-electron chi connectivity index (χ0n) is 18.0. The number of nitro groups is 1. The maximum Gasteiger partial charge on any atom is 0.281 e. The molecule has 2 heterocycles. The molecule has 0 aliphatic carbocycles. The van der Waals surface area contributed by atoms with Crippen LogP contribution in [0.1, 0.15) is 45.0 Å². The van der Waals surface area contributed by atoms with Crippen molar-refractivity contribution in [1.29, 1.82) is 0 Å². The lowest BCUT2D eigenvalue weighted by atomic mass is 10.1. The second-order valence-electron chi connectivity index (χ2n) is 7.71. The molecule has 1 aliphatic rings. The van der Waals surface area contributed by atoms with Crippen LogP contribution in [0.3, 0.4) is 0 Å². The first kappa shape index (κ1) is 22.4. The van der Waals surface area contributed by atoms with Gasteiger partial charge in [0.1, 0.15) is 9.88 Å². The van der Waals surface area contributed by atoms with E-state index in [2.05, 4.69) is 15.8 Å². The number of hydrogen-bond acceptors (Lipinski definition) is 7. The number of hydrazine groups is 1. The number of aromatic nitrogens is 1. The third-order valence-electron chi connectivity index (χ3n) is 5.45. The van der Waals surface area contributed by atoms with Gasteiger partial charge in [0.05, 0.1) is 21.9 Å². The van der Waals surface area contributed by atoms with Crippen LogP contribution in [0.4, 0.5) is 11.4 Å². The SMILES string of the molecule is Cc1nc(-c2ccccc2)sc1C(=O)NNC(=O)c1cc([N+](=O)[O-])ccc1N1CCCCC1. The maximum atomic E-state index is 12.9. The Morgan fingerprint density at radius 2 is 1.73 bits per heavy atom. The number of rotatable bonds is 5. The van der Waals surface area contributed by atoms with Crippen LogP contribution in [0.15, 0.2) is 48.5 Å². The van der Waals surface area contributed by atoms with Crippen molar-refractivity contribution < 1.29 is 14.5 Å². The molecule has 33 heavy (non-hydrogen) atoms. The Balaban J connectivity index is 1.51. The van der Waals surface area contributed by atoms with Crippen LogP contribution in [0, 0.1) is 17.0 Å². The average molecular weight is 466 g/mol. The Bertz CT molecular complexity index is 1190. The van der Waals surface area contributed by atoms with E-state index in [-0.39, 0.29) is 11.3 Å². The molecule has 0 unspecified atom stereocenters. The molecule has 2 amide bonds. The fourth-order valence-electron chi connectivity index (χ4n) is 3.78. The Morgan fingerprint density at radius 1 is 1.03 bits per heavy atom. The van der Waals surface area contributed by atoms with E-state index in [1.54, 1.807) is 13.0 Å². The first-order valence-corrected chi connectivity index (χ1v) is 11.4. The summed E-state index contributed by atoms with van der Waals surface area (Å²) >= 11 is 1.23. The number of nitrogens with zero attached hydrogens (tertiary/aromatic N) is 3. The van der Waals surface area contributed by atoms with E-state index in [4.69, 9.17) is 0 Å². The van der Waals surface area contributed by atoms with Gasteiger partial charge in [-0.05, 0) is 32.3 Å². The number of piperidine rings is 1. The summed E-state index contributed by atoms with van der Waals surface area (Å²) < 4.78 is 0. The maximum absolute atomic E-state index is 12.9. The average Bonchev–Trinajstić information content (AvgIpc) is 3.24. The number of carbonyl (C=O) groups is 2. The Labute approximate surface area is 194 Å². The zero-order valence-corrected chi connectivity index (χ0v) is 18.9. The Hall–Kier alpha value is -3.79. The summed E-state index contributed by atoms with van der Waals surface area (Å²) in [6.45, 7) is 3.27. The molecule has 0 atom stereocenters. The lowest BCUT2D eigenvalue weighted by Gasteiger charge is -2.30. The van der Waals surface area contributed by atoms with Crippen LogP contribution in [0.25, 0.3) is 10.6 Å². The van der Waals surface area contributed by atoms with Crippen molar-refractivity contribution in [3.8, 4) is 10.6 Å². The summed E-state index contributed by atoms with van der Waals surface area (Å²) in [7, 11) is 0. The molecule has 3 aromatic rings. The number of thiazole rings is 1. The van der Waals surface area contributed by atoms with Gasteiger partial charge in [-0.15, -0.1) is 11.3 Å². The van der Waals surface area contributed by atoms with Crippen molar-refractivity contribution in [2.24, 2.45) is 0 Å². The summed E-state index contributed by atoms with van der Waals surface area (Å²) in [5.41, 5.74) is 6.87. The Kier molecular flexibility index (Phi) is 6.64. The largest absolute Gasteiger partial charge is 0.371 e. The summed E-state index contributed by atoms with van der Waals surface area (Å²) in [5.74, 6) is -1.11. The Morgan fingerprint density at radius 3 is 2.42 bits per heavy atom. The molecule has 2 aromatic carbocycles. The van der Waals surface area contributed by atoms with Crippen molar-refractivity contribution in [2.45, 2.75) is 26.2 Å². The number of hydrogen-bond donors (Lipinski definition) is 2. The molecule has 10 heteroatoms. The molecule has 4 rings (SSSR count). The van der Waals surface area contributed by atoms with Crippen molar-refractivity contribution >= 4 is 34.5 Å². The van der Waals surface area contributed by atoms with Crippen LogP contribution in [0.2, 0.25) is 0 Å². The highest BCUT2D eigenvalue weighted by molar-refractivity contribution is 7.17. The number of anilines is 1. The molecule has 1 fully saturated rings. The number of non-ortho nitro benzene ring substituents is 1. The van der Waals surface area contributed by atoms with E-state index >= 15 is 0 Å². The predicted octanol–water partition coefficient (Wildman–Crippen LogP) is 4.09. The fraction of sp³-hybridized carbons (Fsp3) is 0.261. The number of nitro benzene ring substituents is 1. The van der Waals surface area contributed by atoms with Gasteiger partial charge in [0, 0.05) is 30.8 Å². The highest BCUT2D eigenvalue weighted by Gasteiger charge is 2.23. The smallest absolute Gasteiger partial charge is 0.281 e. The second-order valence-corrected chi connectivity index (χ2v) is 8.71. The highest BCUT2D eigenvalue weighted by Crippen LogP contribution is 2.29. The molecule has 1 aromatic heterocycles. The van der Waals surface area contributed by atoms with Gasteiger partial charge in [0.2, 0.25) is 0 Å². The third-order valence-corrected chi connectivity index (χ3v) is 6.65. The predicted molar refractivity (Wildman–Crippen MR) is 126 cm³/mol. The summed E-state index contributed by atoms with van der Waals surface area (Å²) in [6.07, 6.45) is 3.09.